The van der Waals surface area contributed by atoms with Crippen LogP contribution in [0.1, 0.15) is 49.7 Å². The summed E-state index contributed by atoms with van der Waals surface area (Å²) >= 11 is 0. The maximum absolute atomic E-state index is 9.13. The first kappa shape index (κ1) is 17.0. The summed E-state index contributed by atoms with van der Waals surface area (Å²) in [4.78, 5) is 5.26. The lowest BCUT2D eigenvalue weighted by atomic mass is 9.78. The van der Waals surface area contributed by atoms with Crippen molar-refractivity contribution in [3.63, 3.8) is 0 Å². The Hall–Kier alpha value is -1.41. The zero-order valence-electron chi connectivity index (χ0n) is 15.1. The number of likely N-dealkylation sites (tertiary alicyclic amines) is 1. The van der Waals surface area contributed by atoms with E-state index in [-0.39, 0.29) is 5.60 Å². The van der Waals surface area contributed by atoms with E-state index >= 15 is 0 Å². The first-order valence-electron chi connectivity index (χ1n) is 9.88. The van der Waals surface area contributed by atoms with Crippen molar-refractivity contribution in [2.45, 2.75) is 56.7 Å². The van der Waals surface area contributed by atoms with Gasteiger partial charge in [0.15, 0.2) is 0 Å². The van der Waals surface area contributed by atoms with Crippen molar-refractivity contribution >= 4 is 0 Å². The molecule has 0 bridgehead atoms. The van der Waals surface area contributed by atoms with Gasteiger partial charge in [-0.2, -0.15) is 5.26 Å². The molecule has 134 valence electrons. The van der Waals surface area contributed by atoms with Gasteiger partial charge in [0.25, 0.3) is 0 Å². The van der Waals surface area contributed by atoms with Gasteiger partial charge in [0.2, 0.25) is 0 Å². The number of rotatable bonds is 3. The molecule has 0 N–H and O–H groups in total. The van der Waals surface area contributed by atoms with Crippen LogP contribution in [0.3, 0.4) is 0 Å². The minimum atomic E-state index is 0.0215. The van der Waals surface area contributed by atoms with Gasteiger partial charge in [-0.3, -0.25) is 9.80 Å². The van der Waals surface area contributed by atoms with Crippen LogP contribution in [-0.4, -0.2) is 54.2 Å². The molecule has 1 aliphatic carbocycles. The van der Waals surface area contributed by atoms with E-state index in [4.69, 9.17) is 10.00 Å². The molecule has 2 saturated heterocycles. The molecule has 0 radical (unpaired) electrons. The Bertz CT molecular complexity index is 630. The zero-order valence-corrected chi connectivity index (χ0v) is 15.1. The van der Waals surface area contributed by atoms with Crippen LogP contribution in [0.4, 0.5) is 0 Å². The Morgan fingerprint density at radius 3 is 2.88 bits per heavy atom. The van der Waals surface area contributed by atoms with E-state index in [1.54, 1.807) is 0 Å². The molecule has 1 spiro atoms. The summed E-state index contributed by atoms with van der Waals surface area (Å²) in [5.41, 5.74) is 2.02. The number of nitriles is 1. The summed E-state index contributed by atoms with van der Waals surface area (Å²) in [7, 11) is 0. The Morgan fingerprint density at radius 1 is 1.16 bits per heavy atom. The second-order valence-electron chi connectivity index (χ2n) is 7.94. The third-order valence-corrected chi connectivity index (χ3v) is 6.27. The first-order chi connectivity index (χ1) is 12.3. The van der Waals surface area contributed by atoms with Crippen LogP contribution in [-0.2, 0) is 11.3 Å². The SMILES string of the molecule is N#Cc1cccc(CN2CCOC3(CCCCC3N3CCCC3)C2)c1. The van der Waals surface area contributed by atoms with Gasteiger partial charge >= 0.3 is 0 Å². The van der Waals surface area contributed by atoms with Crippen molar-refractivity contribution in [1.29, 1.82) is 5.26 Å². The van der Waals surface area contributed by atoms with Crippen molar-refractivity contribution in [2.75, 3.05) is 32.8 Å². The van der Waals surface area contributed by atoms with E-state index in [0.29, 0.717) is 6.04 Å². The average Bonchev–Trinajstić information content (AvgIpc) is 3.17. The summed E-state index contributed by atoms with van der Waals surface area (Å²) in [6.07, 6.45) is 7.81. The Labute approximate surface area is 151 Å². The van der Waals surface area contributed by atoms with Gasteiger partial charge < -0.3 is 4.74 Å². The Morgan fingerprint density at radius 2 is 2.04 bits per heavy atom. The molecule has 4 nitrogen and oxygen atoms in total. The third kappa shape index (κ3) is 3.60. The standard InChI is InChI=1S/C21H29N3O/c22-15-18-6-5-7-19(14-18)16-23-12-13-25-21(17-23)9-2-1-8-20(21)24-10-3-4-11-24/h5-7,14,20H,1-4,8-13,16-17H2. The number of morpholine rings is 1. The van der Waals surface area contributed by atoms with Crippen LogP contribution in [0.25, 0.3) is 0 Å². The predicted molar refractivity (Wildman–Crippen MR) is 98.2 cm³/mol. The van der Waals surface area contributed by atoms with Crippen LogP contribution >= 0.6 is 0 Å². The predicted octanol–water partition coefficient (Wildman–Crippen LogP) is 3.17. The zero-order chi connectivity index (χ0) is 17.1. The second kappa shape index (κ2) is 7.45. The summed E-state index contributed by atoms with van der Waals surface area (Å²) < 4.78 is 6.51. The van der Waals surface area contributed by atoms with Gasteiger partial charge in [-0.15, -0.1) is 0 Å². The highest BCUT2D eigenvalue weighted by Gasteiger charge is 2.47. The van der Waals surface area contributed by atoms with E-state index in [1.165, 1.54) is 57.2 Å². The third-order valence-electron chi connectivity index (χ3n) is 6.27. The molecule has 1 aromatic rings. The summed E-state index contributed by atoms with van der Waals surface area (Å²) in [5, 5.41) is 9.13. The van der Waals surface area contributed by atoms with Crippen LogP contribution in [0.2, 0.25) is 0 Å². The van der Waals surface area contributed by atoms with Crippen LogP contribution in [0.15, 0.2) is 24.3 Å². The maximum Gasteiger partial charge on any atom is 0.0991 e. The maximum atomic E-state index is 9.13. The summed E-state index contributed by atoms with van der Waals surface area (Å²) in [6, 6.07) is 10.9. The molecule has 25 heavy (non-hydrogen) atoms. The van der Waals surface area contributed by atoms with E-state index < -0.39 is 0 Å². The summed E-state index contributed by atoms with van der Waals surface area (Å²) in [5.74, 6) is 0. The van der Waals surface area contributed by atoms with Crippen molar-refractivity contribution < 1.29 is 4.74 Å². The van der Waals surface area contributed by atoms with E-state index in [1.807, 2.05) is 18.2 Å². The first-order valence-corrected chi connectivity index (χ1v) is 9.88. The van der Waals surface area contributed by atoms with Gasteiger partial charge in [-0.1, -0.05) is 25.0 Å². The lowest BCUT2D eigenvalue weighted by Crippen LogP contribution is -2.63. The Balaban J connectivity index is 1.49. The number of ether oxygens (including phenoxy) is 1. The highest BCUT2D eigenvalue weighted by Crippen LogP contribution is 2.39. The molecule has 4 heteroatoms. The Kier molecular flexibility index (Phi) is 5.08. The highest BCUT2D eigenvalue weighted by atomic mass is 16.5. The van der Waals surface area contributed by atoms with Crippen molar-refractivity contribution in [3.8, 4) is 6.07 Å². The molecular weight excluding hydrogens is 310 g/mol. The van der Waals surface area contributed by atoms with E-state index in [2.05, 4.69) is 21.9 Å². The van der Waals surface area contributed by atoms with Gasteiger partial charge in [0.1, 0.15) is 0 Å². The minimum Gasteiger partial charge on any atom is -0.371 e. The molecular formula is C21H29N3O. The quantitative estimate of drug-likeness (QED) is 0.848. The monoisotopic (exact) mass is 339 g/mol. The van der Waals surface area contributed by atoms with E-state index in [0.717, 1.165) is 31.8 Å². The normalized spacial score (nSPS) is 31.2. The number of hydrogen-bond donors (Lipinski definition) is 0. The van der Waals surface area contributed by atoms with Crippen LogP contribution in [0, 0.1) is 11.3 Å². The average molecular weight is 339 g/mol. The fourth-order valence-corrected chi connectivity index (χ4v) is 5.13. The molecule has 3 fully saturated rings. The summed E-state index contributed by atoms with van der Waals surface area (Å²) in [6.45, 7) is 6.28. The highest BCUT2D eigenvalue weighted by molar-refractivity contribution is 5.32. The lowest BCUT2D eigenvalue weighted by molar-refractivity contribution is -0.165. The largest absolute Gasteiger partial charge is 0.371 e. The second-order valence-corrected chi connectivity index (χ2v) is 7.94. The minimum absolute atomic E-state index is 0.0215. The molecule has 1 saturated carbocycles. The van der Waals surface area contributed by atoms with Gasteiger partial charge in [0, 0.05) is 25.7 Å². The van der Waals surface area contributed by atoms with Crippen LogP contribution in [0.5, 0.6) is 0 Å². The molecule has 3 aliphatic rings. The molecule has 0 aromatic heterocycles. The number of hydrogen-bond acceptors (Lipinski definition) is 4. The smallest absolute Gasteiger partial charge is 0.0991 e. The molecule has 1 aromatic carbocycles. The number of nitrogens with zero attached hydrogens (tertiary/aromatic N) is 3. The topological polar surface area (TPSA) is 39.5 Å². The van der Waals surface area contributed by atoms with Gasteiger partial charge in [0.05, 0.1) is 23.8 Å². The molecule has 2 aliphatic heterocycles. The number of benzene rings is 1. The molecule has 2 unspecified atom stereocenters. The molecule has 2 atom stereocenters. The molecule has 0 amide bonds. The van der Waals surface area contributed by atoms with Crippen LogP contribution < -0.4 is 0 Å². The van der Waals surface area contributed by atoms with E-state index in [9.17, 15) is 0 Å². The lowest BCUT2D eigenvalue weighted by Gasteiger charge is -2.52. The molecule has 2 heterocycles. The molecule has 4 rings (SSSR count). The van der Waals surface area contributed by atoms with Crippen molar-refractivity contribution in [1.82, 2.24) is 9.80 Å². The fraction of sp³-hybridized carbons (Fsp3) is 0.667. The van der Waals surface area contributed by atoms with Crippen molar-refractivity contribution in [3.05, 3.63) is 35.4 Å². The fourth-order valence-electron chi connectivity index (χ4n) is 5.13. The van der Waals surface area contributed by atoms with Gasteiger partial charge in [-0.25, -0.2) is 0 Å². The van der Waals surface area contributed by atoms with Crippen molar-refractivity contribution in [2.24, 2.45) is 0 Å². The van der Waals surface area contributed by atoms with Gasteiger partial charge in [-0.05, 0) is 56.5 Å².